The number of halogens is 1. The topological polar surface area (TPSA) is 63.9 Å². The number of carbonyl (C=O) groups is 1. The van der Waals surface area contributed by atoms with E-state index in [1.807, 2.05) is 43.0 Å². The van der Waals surface area contributed by atoms with Crippen molar-refractivity contribution in [3.05, 3.63) is 40.7 Å². The van der Waals surface area contributed by atoms with Crippen molar-refractivity contribution in [1.29, 1.82) is 0 Å². The lowest BCUT2D eigenvalue weighted by molar-refractivity contribution is -0.133. The Balaban J connectivity index is 1.77. The fourth-order valence-corrected chi connectivity index (χ4v) is 3.28. The predicted octanol–water partition coefficient (Wildman–Crippen LogP) is 2.81. The Labute approximate surface area is 140 Å². The minimum absolute atomic E-state index is 0.0432. The molecule has 3 rings (SSSR count). The predicted molar refractivity (Wildman–Crippen MR) is 87.0 cm³/mol. The molecule has 0 bridgehead atoms. The molecule has 122 valence electrons. The van der Waals surface area contributed by atoms with E-state index in [4.69, 9.17) is 11.6 Å². The van der Waals surface area contributed by atoms with Gasteiger partial charge in [0, 0.05) is 17.5 Å². The van der Waals surface area contributed by atoms with Crippen molar-refractivity contribution >= 4 is 17.5 Å². The Hall–Kier alpha value is -1.95. The zero-order valence-corrected chi connectivity index (χ0v) is 14.1. The summed E-state index contributed by atoms with van der Waals surface area (Å²) in [6.45, 7) is 4.96. The molecule has 0 spiro atoms. The molecule has 1 aliphatic heterocycles. The number of hydrogen-bond donors (Lipinski definition) is 0. The summed E-state index contributed by atoms with van der Waals surface area (Å²) in [5.41, 5.74) is 1.09. The Bertz CT molecular complexity index is 699. The van der Waals surface area contributed by atoms with Crippen LogP contribution in [0.1, 0.15) is 50.0 Å². The number of likely N-dealkylation sites (tertiary alicyclic amines) is 1. The first-order valence-corrected chi connectivity index (χ1v) is 8.25. The molecule has 0 saturated carbocycles. The first-order valence-electron chi connectivity index (χ1n) is 7.87. The first-order chi connectivity index (χ1) is 11.1. The summed E-state index contributed by atoms with van der Waals surface area (Å²) in [5, 5.41) is 12.3. The SMILES string of the molecule is CC(C)c1nnnn1CC(=O)N1CCCC1c1cccc(Cl)c1. The molecule has 1 aromatic carbocycles. The molecule has 1 atom stereocenters. The lowest BCUT2D eigenvalue weighted by atomic mass is 10.0. The number of aromatic nitrogens is 4. The highest BCUT2D eigenvalue weighted by Gasteiger charge is 2.30. The summed E-state index contributed by atoms with van der Waals surface area (Å²) in [5.74, 6) is 0.957. The van der Waals surface area contributed by atoms with Gasteiger partial charge in [0.25, 0.3) is 0 Å². The highest BCUT2D eigenvalue weighted by molar-refractivity contribution is 6.30. The van der Waals surface area contributed by atoms with Gasteiger partial charge in [0.05, 0.1) is 6.04 Å². The minimum Gasteiger partial charge on any atom is -0.334 e. The molecule has 0 N–H and O–H groups in total. The van der Waals surface area contributed by atoms with E-state index >= 15 is 0 Å². The Morgan fingerprint density at radius 1 is 1.43 bits per heavy atom. The van der Waals surface area contributed by atoms with Gasteiger partial charge in [-0.3, -0.25) is 4.79 Å². The van der Waals surface area contributed by atoms with Crippen molar-refractivity contribution in [1.82, 2.24) is 25.1 Å². The maximum Gasteiger partial charge on any atom is 0.244 e. The van der Waals surface area contributed by atoms with Gasteiger partial charge >= 0.3 is 0 Å². The van der Waals surface area contributed by atoms with E-state index in [0.717, 1.165) is 30.8 Å². The van der Waals surface area contributed by atoms with Gasteiger partial charge in [-0.1, -0.05) is 37.6 Å². The molecule has 23 heavy (non-hydrogen) atoms. The number of benzene rings is 1. The second-order valence-corrected chi connectivity index (χ2v) is 6.59. The third-order valence-electron chi connectivity index (χ3n) is 4.17. The summed E-state index contributed by atoms with van der Waals surface area (Å²) in [7, 11) is 0. The molecule has 0 aliphatic carbocycles. The standard InChI is InChI=1S/C16H20ClN5O/c1-11(2)16-18-19-20-22(16)10-15(23)21-8-4-7-14(21)12-5-3-6-13(17)9-12/h3,5-6,9,11,14H,4,7-8,10H2,1-2H3. The van der Waals surface area contributed by atoms with Crippen LogP contribution < -0.4 is 0 Å². The number of hydrogen-bond acceptors (Lipinski definition) is 4. The smallest absolute Gasteiger partial charge is 0.244 e. The van der Waals surface area contributed by atoms with Crippen LogP contribution in [0.15, 0.2) is 24.3 Å². The van der Waals surface area contributed by atoms with Crippen LogP contribution in [-0.4, -0.2) is 37.6 Å². The van der Waals surface area contributed by atoms with Crippen molar-refractivity contribution in [3.63, 3.8) is 0 Å². The third-order valence-corrected chi connectivity index (χ3v) is 4.40. The molecule has 1 aliphatic rings. The lowest BCUT2D eigenvalue weighted by Crippen LogP contribution is -2.34. The third kappa shape index (κ3) is 3.37. The average Bonchev–Trinajstić information content (AvgIpc) is 3.15. The molecule has 7 heteroatoms. The highest BCUT2D eigenvalue weighted by Crippen LogP contribution is 2.33. The Morgan fingerprint density at radius 2 is 2.26 bits per heavy atom. The van der Waals surface area contributed by atoms with Crippen LogP contribution in [0, 0.1) is 0 Å². The van der Waals surface area contributed by atoms with Crippen LogP contribution >= 0.6 is 11.6 Å². The lowest BCUT2D eigenvalue weighted by Gasteiger charge is -2.25. The largest absolute Gasteiger partial charge is 0.334 e. The van der Waals surface area contributed by atoms with Crippen molar-refractivity contribution in [3.8, 4) is 0 Å². The van der Waals surface area contributed by atoms with Crippen LogP contribution in [0.25, 0.3) is 0 Å². The van der Waals surface area contributed by atoms with E-state index in [9.17, 15) is 4.79 Å². The van der Waals surface area contributed by atoms with E-state index in [0.29, 0.717) is 5.02 Å². The van der Waals surface area contributed by atoms with Crippen LogP contribution in [0.5, 0.6) is 0 Å². The molecule has 1 unspecified atom stereocenters. The number of amides is 1. The van der Waals surface area contributed by atoms with Gasteiger partial charge in [-0.2, -0.15) is 0 Å². The minimum atomic E-state index is 0.0432. The van der Waals surface area contributed by atoms with Gasteiger partial charge in [0.1, 0.15) is 6.54 Å². The molecule has 0 radical (unpaired) electrons. The van der Waals surface area contributed by atoms with Crippen LogP contribution in [0.3, 0.4) is 0 Å². The van der Waals surface area contributed by atoms with Crippen molar-refractivity contribution < 1.29 is 4.79 Å². The molecule has 1 saturated heterocycles. The molecule has 6 nitrogen and oxygen atoms in total. The summed E-state index contributed by atoms with van der Waals surface area (Å²) >= 11 is 6.09. The number of tetrazole rings is 1. The van der Waals surface area contributed by atoms with E-state index in [1.165, 1.54) is 0 Å². The van der Waals surface area contributed by atoms with Crippen LogP contribution in [0.4, 0.5) is 0 Å². The van der Waals surface area contributed by atoms with Gasteiger partial charge < -0.3 is 4.90 Å². The number of rotatable bonds is 4. The van der Waals surface area contributed by atoms with E-state index in [-0.39, 0.29) is 24.4 Å². The molecular formula is C16H20ClN5O. The van der Waals surface area contributed by atoms with Gasteiger partial charge in [-0.15, -0.1) is 5.10 Å². The Morgan fingerprint density at radius 3 is 3.00 bits per heavy atom. The van der Waals surface area contributed by atoms with Crippen LogP contribution in [-0.2, 0) is 11.3 Å². The number of nitrogens with zero attached hydrogens (tertiary/aromatic N) is 5. The fraction of sp³-hybridized carbons (Fsp3) is 0.500. The summed E-state index contributed by atoms with van der Waals surface area (Å²) in [4.78, 5) is 14.6. The zero-order valence-electron chi connectivity index (χ0n) is 13.3. The number of carbonyl (C=O) groups excluding carboxylic acids is 1. The van der Waals surface area contributed by atoms with Crippen molar-refractivity contribution in [2.75, 3.05) is 6.54 Å². The first kappa shape index (κ1) is 15.9. The second-order valence-electron chi connectivity index (χ2n) is 6.15. The van der Waals surface area contributed by atoms with Crippen molar-refractivity contribution in [2.24, 2.45) is 0 Å². The van der Waals surface area contributed by atoms with Crippen molar-refractivity contribution in [2.45, 2.75) is 45.2 Å². The maximum atomic E-state index is 12.7. The average molecular weight is 334 g/mol. The molecule has 1 aromatic heterocycles. The molecular weight excluding hydrogens is 314 g/mol. The van der Waals surface area contributed by atoms with E-state index in [1.54, 1.807) is 4.68 Å². The normalized spacial score (nSPS) is 17.9. The van der Waals surface area contributed by atoms with Gasteiger partial charge in [-0.05, 0) is 41.0 Å². The molecule has 1 fully saturated rings. The van der Waals surface area contributed by atoms with Gasteiger partial charge in [0.2, 0.25) is 5.91 Å². The zero-order chi connectivity index (χ0) is 16.4. The highest BCUT2D eigenvalue weighted by atomic mass is 35.5. The fourth-order valence-electron chi connectivity index (χ4n) is 3.08. The van der Waals surface area contributed by atoms with E-state index < -0.39 is 0 Å². The summed E-state index contributed by atoms with van der Waals surface area (Å²) in [6, 6.07) is 7.83. The van der Waals surface area contributed by atoms with Gasteiger partial charge in [0.15, 0.2) is 5.82 Å². The maximum absolute atomic E-state index is 12.7. The van der Waals surface area contributed by atoms with E-state index in [2.05, 4.69) is 15.5 Å². The second kappa shape index (κ2) is 6.66. The monoisotopic (exact) mass is 333 g/mol. The summed E-state index contributed by atoms with van der Waals surface area (Å²) < 4.78 is 1.60. The molecule has 1 amide bonds. The van der Waals surface area contributed by atoms with Crippen LogP contribution in [0.2, 0.25) is 5.02 Å². The Kier molecular flexibility index (Phi) is 4.61. The van der Waals surface area contributed by atoms with Gasteiger partial charge in [-0.25, -0.2) is 4.68 Å². The molecule has 2 heterocycles. The molecule has 2 aromatic rings. The quantitative estimate of drug-likeness (QED) is 0.863. The summed E-state index contributed by atoms with van der Waals surface area (Å²) in [6.07, 6.45) is 1.95.